The van der Waals surface area contributed by atoms with Gasteiger partial charge in [-0.05, 0) is 43.2 Å². The molecule has 0 radical (unpaired) electrons. The second-order valence-corrected chi connectivity index (χ2v) is 4.11. The van der Waals surface area contributed by atoms with Crippen LogP contribution in [-0.4, -0.2) is 16.7 Å². The summed E-state index contributed by atoms with van der Waals surface area (Å²) < 4.78 is 0. The van der Waals surface area contributed by atoms with Crippen LogP contribution in [0.2, 0.25) is 0 Å². The maximum absolute atomic E-state index is 11.8. The van der Waals surface area contributed by atoms with Gasteiger partial charge in [0.15, 0.2) is 0 Å². The van der Waals surface area contributed by atoms with Crippen molar-refractivity contribution in [1.82, 2.24) is 4.98 Å². The molecule has 0 bridgehead atoms. The Hall–Kier alpha value is -2.36. The van der Waals surface area contributed by atoms with E-state index in [0.29, 0.717) is 5.69 Å². The molecule has 1 aromatic carbocycles. The maximum atomic E-state index is 11.8. The fourth-order valence-electron chi connectivity index (χ4n) is 1.66. The molecule has 4 nitrogen and oxygen atoms in total. The van der Waals surface area contributed by atoms with E-state index in [4.69, 9.17) is 0 Å². The number of rotatable bonds is 3. The summed E-state index contributed by atoms with van der Waals surface area (Å²) in [7, 11) is 0. The molecule has 0 aliphatic rings. The molecule has 0 unspecified atom stereocenters. The molecule has 0 saturated heterocycles. The van der Waals surface area contributed by atoms with E-state index in [0.717, 1.165) is 11.1 Å². The van der Waals surface area contributed by atoms with Gasteiger partial charge in [-0.1, -0.05) is 12.1 Å². The lowest BCUT2D eigenvalue weighted by molar-refractivity contribution is -0.112. The Bertz CT molecular complexity index is 586. The molecule has 18 heavy (non-hydrogen) atoms. The number of carbonyl (C=O) groups is 2. The number of hydrogen-bond acceptors (Lipinski definition) is 2. The molecular formula is C14H14N2O2. The Morgan fingerprint density at radius 3 is 2.56 bits per heavy atom. The summed E-state index contributed by atoms with van der Waals surface area (Å²) >= 11 is 0. The van der Waals surface area contributed by atoms with Crippen molar-refractivity contribution >= 4 is 17.4 Å². The monoisotopic (exact) mass is 242 g/mol. The second-order valence-electron chi connectivity index (χ2n) is 4.11. The number of carbonyl (C=O) groups excluding carboxylic acids is 2. The molecule has 2 rings (SSSR count). The number of aryl methyl sites for hydroxylation is 1. The van der Waals surface area contributed by atoms with Crippen LogP contribution in [0, 0.1) is 13.8 Å². The van der Waals surface area contributed by atoms with E-state index in [-0.39, 0.29) is 5.69 Å². The van der Waals surface area contributed by atoms with Crippen molar-refractivity contribution in [2.45, 2.75) is 13.8 Å². The highest BCUT2D eigenvalue weighted by atomic mass is 16.2. The van der Waals surface area contributed by atoms with Crippen LogP contribution in [0.15, 0.2) is 36.5 Å². The standard InChI is InChI=1S/C14H14N2O2/c1-9-5-3-6-11(10(9)2)16-14(18)13(17)12-7-4-8-15-12/h3-8,15H,1-2H3,(H,16,18). The van der Waals surface area contributed by atoms with Crippen molar-refractivity contribution in [3.05, 3.63) is 53.3 Å². The lowest BCUT2D eigenvalue weighted by Gasteiger charge is -2.09. The molecule has 0 fully saturated rings. The lowest BCUT2D eigenvalue weighted by atomic mass is 10.1. The predicted molar refractivity (Wildman–Crippen MR) is 69.7 cm³/mol. The van der Waals surface area contributed by atoms with Gasteiger partial charge < -0.3 is 10.3 Å². The number of anilines is 1. The van der Waals surface area contributed by atoms with Crippen LogP contribution in [0.5, 0.6) is 0 Å². The zero-order valence-electron chi connectivity index (χ0n) is 10.3. The Morgan fingerprint density at radius 1 is 1.11 bits per heavy atom. The molecule has 0 atom stereocenters. The number of H-pyrrole nitrogens is 1. The zero-order valence-corrected chi connectivity index (χ0v) is 10.3. The Labute approximate surface area is 105 Å². The molecule has 0 aliphatic heterocycles. The number of ketones is 1. The third-order valence-electron chi connectivity index (χ3n) is 2.90. The highest BCUT2D eigenvalue weighted by Crippen LogP contribution is 2.18. The maximum Gasteiger partial charge on any atom is 0.298 e. The fraction of sp³-hybridized carbons (Fsp3) is 0.143. The topological polar surface area (TPSA) is 62.0 Å². The van der Waals surface area contributed by atoms with Crippen LogP contribution in [0.3, 0.4) is 0 Å². The molecule has 2 N–H and O–H groups in total. The minimum atomic E-state index is -0.633. The van der Waals surface area contributed by atoms with Crippen molar-refractivity contribution in [3.63, 3.8) is 0 Å². The largest absolute Gasteiger partial charge is 0.358 e. The molecular weight excluding hydrogens is 228 g/mol. The van der Waals surface area contributed by atoms with Crippen LogP contribution < -0.4 is 5.32 Å². The van der Waals surface area contributed by atoms with Gasteiger partial charge in [0.2, 0.25) is 0 Å². The number of nitrogens with one attached hydrogen (secondary N) is 2. The van der Waals surface area contributed by atoms with Crippen LogP contribution in [-0.2, 0) is 4.79 Å². The Morgan fingerprint density at radius 2 is 1.89 bits per heavy atom. The first-order chi connectivity index (χ1) is 8.59. The summed E-state index contributed by atoms with van der Waals surface area (Å²) in [5, 5.41) is 2.63. The number of Topliss-reactive ketones (excluding diaryl/α,β-unsaturated/α-hetero) is 1. The first kappa shape index (κ1) is 12.1. The third-order valence-corrected chi connectivity index (χ3v) is 2.90. The highest BCUT2D eigenvalue weighted by molar-refractivity contribution is 6.46. The molecule has 0 aliphatic carbocycles. The molecule has 2 aromatic rings. The molecule has 1 aromatic heterocycles. The molecule has 1 amide bonds. The van der Waals surface area contributed by atoms with Crippen LogP contribution in [0.1, 0.15) is 21.6 Å². The second kappa shape index (κ2) is 4.87. The van der Waals surface area contributed by atoms with Gasteiger partial charge in [-0.15, -0.1) is 0 Å². The first-order valence-electron chi connectivity index (χ1n) is 5.65. The van der Waals surface area contributed by atoms with Crippen LogP contribution in [0.4, 0.5) is 5.69 Å². The summed E-state index contributed by atoms with van der Waals surface area (Å²) in [6, 6.07) is 8.83. The lowest BCUT2D eigenvalue weighted by Crippen LogP contribution is -2.23. The average Bonchev–Trinajstić information content (AvgIpc) is 2.87. The Balaban J connectivity index is 2.17. The van der Waals surface area contributed by atoms with E-state index < -0.39 is 11.7 Å². The van der Waals surface area contributed by atoms with Gasteiger partial charge in [-0.2, -0.15) is 0 Å². The molecule has 92 valence electrons. The van der Waals surface area contributed by atoms with Crippen LogP contribution >= 0.6 is 0 Å². The van der Waals surface area contributed by atoms with Gasteiger partial charge in [-0.3, -0.25) is 9.59 Å². The predicted octanol–water partition coefficient (Wildman–Crippen LogP) is 2.45. The first-order valence-corrected chi connectivity index (χ1v) is 5.65. The van der Waals surface area contributed by atoms with Gasteiger partial charge in [0, 0.05) is 11.9 Å². The smallest absolute Gasteiger partial charge is 0.298 e. The van der Waals surface area contributed by atoms with Gasteiger partial charge >= 0.3 is 0 Å². The van der Waals surface area contributed by atoms with E-state index in [2.05, 4.69) is 10.3 Å². The van der Waals surface area contributed by atoms with E-state index >= 15 is 0 Å². The van der Waals surface area contributed by atoms with E-state index in [1.54, 1.807) is 24.4 Å². The molecule has 0 spiro atoms. The minimum absolute atomic E-state index is 0.290. The zero-order chi connectivity index (χ0) is 13.1. The molecule has 1 heterocycles. The third kappa shape index (κ3) is 2.32. The molecule has 4 heteroatoms. The number of aromatic nitrogens is 1. The number of benzene rings is 1. The fourth-order valence-corrected chi connectivity index (χ4v) is 1.66. The summed E-state index contributed by atoms with van der Waals surface area (Å²) in [4.78, 5) is 26.3. The number of aromatic amines is 1. The van der Waals surface area contributed by atoms with E-state index in [1.165, 1.54) is 0 Å². The van der Waals surface area contributed by atoms with Crippen molar-refractivity contribution < 1.29 is 9.59 Å². The normalized spacial score (nSPS) is 10.1. The van der Waals surface area contributed by atoms with Gasteiger partial charge in [0.25, 0.3) is 11.7 Å². The summed E-state index contributed by atoms with van der Waals surface area (Å²) in [6.45, 7) is 3.86. The molecule has 0 saturated carbocycles. The average molecular weight is 242 g/mol. The SMILES string of the molecule is Cc1cccc(NC(=O)C(=O)c2ccc[nH]2)c1C. The van der Waals surface area contributed by atoms with Crippen molar-refractivity contribution in [3.8, 4) is 0 Å². The Kier molecular flexibility index (Phi) is 3.28. The van der Waals surface area contributed by atoms with Gasteiger partial charge in [0.1, 0.15) is 0 Å². The van der Waals surface area contributed by atoms with Crippen molar-refractivity contribution in [2.24, 2.45) is 0 Å². The minimum Gasteiger partial charge on any atom is -0.358 e. The van der Waals surface area contributed by atoms with E-state index in [9.17, 15) is 9.59 Å². The van der Waals surface area contributed by atoms with E-state index in [1.807, 2.05) is 26.0 Å². The number of hydrogen-bond donors (Lipinski definition) is 2. The summed E-state index contributed by atoms with van der Waals surface area (Å²) in [5.41, 5.74) is 2.99. The summed E-state index contributed by atoms with van der Waals surface area (Å²) in [5.74, 6) is -1.20. The van der Waals surface area contributed by atoms with Gasteiger partial charge in [0.05, 0.1) is 5.69 Å². The van der Waals surface area contributed by atoms with Crippen molar-refractivity contribution in [2.75, 3.05) is 5.32 Å². The van der Waals surface area contributed by atoms with Crippen molar-refractivity contribution in [1.29, 1.82) is 0 Å². The highest BCUT2D eigenvalue weighted by Gasteiger charge is 2.17. The quantitative estimate of drug-likeness (QED) is 0.641. The van der Waals surface area contributed by atoms with Crippen LogP contribution in [0.25, 0.3) is 0 Å². The summed E-state index contributed by atoms with van der Waals surface area (Å²) in [6.07, 6.45) is 1.61. The van der Waals surface area contributed by atoms with Gasteiger partial charge in [-0.25, -0.2) is 0 Å². The number of amides is 1.